The molecule has 0 unspecified atom stereocenters. The monoisotopic (exact) mass is 261 g/mol. The van der Waals surface area contributed by atoms with E-state index in [1.807, 2.05) is 12.1 Å². The van der Waals surface area contributed by atoms with Crippen molar-refractivity contribution in [2.75, 3.05) is 0 Å². The van der Waals surface area contributed by atoms with Gasteiger partial charge in [-0.05, 0) is 31.0 Å². The number of hydrogen-bond donors (Lipinski definition) is 1. The number of furan rings is 2. The van der Waals surface area contributed by atoms with E-state index in [4.69, 9.17) is 13.9 Å². The number of nitrogens with zero attached hydrogens (tertiary/aromatic N) is 1. The second-order valence-electron chi connectivity index (χ2n) is 4.80. The van der Waals surface area contributed by atoms with Crippen molar-refractivity contribution in [3.8, 4) is 0 Å². The Labute approximate surface area is 110 Å². The van der Waals surface area contributed by atoms with Gasteiger partial charge in [-0.1, -0.05) is 0 Å². The molecule has 1 saturated carbocycles. The van der Waals surface area contributed by atoms with E-state index in [2.05, 4.69) is 4.90 Å². The standard InChI is InChI=1S/C14H15NO4/c16-14(17)13-10(5-7-19-13)8-15(11-3-4-11)9-12-2-1-6-18-12/h1-2,5-7,11H,3-4,8-9H2,(H,16,17). The van der Waals surface area contributed by atoms with Gasteiger partial charge in [-0.15, -0.1) is 0 Å². The summed E-state index contributed by atoms with van der Waals surface area (Å²) in [6, 6.07) is 6.03. The summed E-state index contributed by atoms with van der Waals surface area (Å²) in [5, 5.41) is 9.05. The minimum absolute atomic E-state index is 0.0325. The quantitative estimate of drug-likeness (QED) is 0.866. The van der Waals surface area contributed by atoms with Gasteiger partial charge in [0.05, 0.1) is 19.1 Å². The normalized spacial score (nSPS) is 15.0. The van der Waals surface area contributed by atoms with Crippen molar-refractivity contribution in [3.05, 3.63) is 47.8 Å². The van der Waals surface area contributed by atoms with Crippen LogP contribution in [0.3, 0.4) is 0 Å². The molecule has 19 heavy (non-hydrogen) atoms. The van der Waals surface area contributed by atoms with E-state index in [9.17, 15) is 4.79 Å². The third kappa shape index (κ3) is 2.71. The lowest BCUT2D eigenvalue weighted by atomic mass is 10.2. The van der Waals surface area contributed by atoms with E-state index >= 15 is 0 Å². The summed E-state index contributed by atoms with van der Waals surface area (Å²) in [4.78, 5) is 13.3. The van der Waals surface area contributed by atoms with Crippen LogP contribution in [0.1, 0.15) is 34.7 Å². The molecule has 0 amide bonds. The fraction of sp³-hybridized carbons (Fsp3) is 0.357. The zero-order valence-corrected chi connectivity index (χ0v) is 10.4. The van der Waals surface area contributed by atoms with Gasteiger partial charge in [-0.2, -0.15) is 0 Å². The summed E-state index contributed by atoms with van der Waals surface area (Å²) in [6.07, 6.45) is 5.39. The molecule has 0 spiro atoms. The number of aromatic carboxylic acids is 1. The molecular formula is C14H15NO4. The van der Waals surface area contributed by atoms with Crippen LogP contribution >= 0.6 is 0 Å². The van der Waals surface area contributed by atoms with Crippen LogP contribution in [-0.4, -0.2) is 22.0 Å². The summed E-state index contributed by atoms with van der Waals surface area (Å²) in [5.74, 6) is -0.0916. The highest BCUT2D eigenvalue weighted by atomic mass is 16.4. The first-order valence-corrected chi connectivity index (χ1v) is 6.30. The molecule has 5 nitrogen and oxygen atoms in total. The Hall–Kier alpha value is -2.01. The van der Waals surface area contributed by atoms with Gasteiger partial charge in [0.15, 0.2) is 0 Å². The van der Waals surface area contributed by atoms with Crippen molar-refractivity contribution in [3.63, 3.8) is 0 Å². The summed E-state index contributed by atoms with van der Waals surface area (Å²) >= 11 is 0. The predicted molar refractivity (Wildman–Crippen MR) is 66.6 cm³/mol. The molecule has 1 fully saturated rings. The molecule has 0 atom stereocenters. The molecule has 0 aromatic carbocycles. The second kappa shape index (κ2) is 4.93. The van der Waals surface area contributed by atoms with Crippen LogP contribution < -0.4 is 0 Å². The molecule has 2 aromatic heterocycles. The number of carbonyl (C=O) groups is 1. The van der Waals surface area contributed by atoms with Crippen LogP contribution in [-0.2, 0) is 13.1 Å². The molecule has 3 rings (SSSR count). The van der Waals surface area contributed by atoms with E-state index in [-0.39, 0.29) is 5.76 Å². The molecule has 1 aliphatic rings. The van der Waals surface area contributed by atoms with Crippen LogP contribution in [0.5, 0.6) is 0 Å². The molecule has 0 saturated heterocycles. The zero-order valence-electron chi connectivity index (χ0n) is 10.4. The van der Waals surface area contributed by atoms with Gasteiger partial charge in [0, 0.05) is 18.2 Å². The predicted octanol–water partition coefficient (Wildman–Crippen LogP) is 2.74. The first kappa shape index (κ1) is 12.0. The van der Waals surface area contributed by atoms with Gasteiger partial charge in [-0.3, -0.25) is 4.90 Å². The summed E-state index contributed by atoms with van der Waals surface area (Å²) in [6.45, 7) is 1.27. The lowest BCUT2D eigenvalue weighted by Crippen LogP contribution is -2.25. The summed E-state index contributed by atoms with van der Waals surface area (Å²) in [7, 11) is 0. The van der Waals surface area contributed by atoms with E-state index in [1.54, 1.807) is 12.3 Å². The highest BCUT2D eigenvalue weighted by Crippen LogP contribution is 2.30. The Bertz CT molecular complexity index is 554. The van der Waals surface area contributed by atoms with Crippen LogP contribution in [0.2, 0.25) is 0 Å². The Morgan fingerprint density at radius 1 is 1.26 bits per heavy atom. The molecule has 0 aliphatic heterocycles. The second-order valence-corrected chi connectivity index (χ2v) is 4.80. The molecule has 0 bridgehead atoms. The minimum atomic E-state index is -1.02. The highest BCUT2D eigenvalue weighted by molar-refractivity contribution is 5.86. The number of carboxylic acids is 1. The van der Waals surface area contributed by atoms with Crippen molar-refractivity contribution < 1.29 is 18.7 Å². The van der Waals surface area contributed by atoms with E-state index in [0.29, 0.717) is 24.7 Å². The number of carboxylic acid groups (broad SMARTS) is 1. The maximum absolute atomic E-state index is 11.0. The Morgan fingerprint density at radius 2 is 2.11 bits per heavy atom. The van der Waals surface area contributed by atoms with E-state index in [0.717, 1.165) is 18.6 Å². The largest absolute Gasteiger partial charge is 0.475 e. The van der Waals surface area contributed by atoms with Gasteiger partial charge in [-0.25, -0.2) is 4.79 Å². The average molecular weight is 261 g/mol. The smallest absolute Gasteiger partial charge is 0.372 e. The molecule has 2 heterocycles. The van der Waals surface area contributed by atoms with E-state index < -0.39 is 5.97 Å². The minimum Gasteiger partial charge on any atom is -0.475 e. The third-order valence-electron chi connectivity index (χ3n) is 3.32. The topological polar surface area (TPSA) is 66.8 Å². The molecule has 100 valence electrons. The fourth-order valence-corrected chi connectivity index (χ4v) is 2.22. The first-order chi connectivity index (χ1) is 9.24. The fourth-order valence-electron chi connectivity index (χ4n) is 2.22. The van der Waals surface area contributed by atoms with Gasteiger partial charge in [0.1, 0.15) is 5.76 Å². The molecule has 5 heteroatoms. The maximum Gasteiger partial charge on any atom is 0.372 e. The first-order valence-electron chi connectivity index (χ1n) is 6.30. The van der Waals surface area contributed by atoms with Crippen LogP contribution in [0, 0.1) is 0 Å². The molecular weight excluding hydrogens is 246 g/mol. The zero-order chi connectivity index (χ0) is 13.2. The number of hydrogen-bond acceptors (Lipinski definition) is 4. The highest BCUT2D eigenvalue weighted by Gasteiger charge is 2.30. The van der Waals surface area contributed by atoms with Crippen LogP contribution in [0.4, 0.5) is 0 Å². The number of rotatable bonds is 6. The lowest BCUT2D eigenvalue weighted by Gasteiger charge is -2.20. The van der Waals surface area contributed by atoms with Crippen molar-refractivity contribution in [2.45, 2.75) is 32.0 Å². The molecule has 0 radical (unpaired) electrons. The summed E-state index contributed by atoms with van der Waals surface area (Å²) in [5.41, 5.74) is 0.714. The van der Waals surface area contributed by atoms with Gasteiger partial charge in [0.25, 0.3) is 0 Å². The lowest BCUT2D eigenvalue weighted by molar-refractivity contribution is 0.0658. The van der Waals surface area contributed by atoms with Crippen LogP contribution in [0.15, 0.2) is 39.6 Å². The Balaban J connectivity index is 1.74. The Morgan fingerprint density at radius 3 is 2.74 bits per heavy atom. The van der Waals surface area contributed by atoms with Gasteiger partial charge in [0.2, 0.25) is 5.76 Å². The van der Waals surface area contributed by atoms with Gasteiger partial charge < -0.3 is 13.9 Å². The molecule has 2 aromatic rings. The van der Waals surface area contributed by atoms with Crippen molar-refractivity contribution in [1.29, 1.82) is 0 Å². The van der Waals surface area contributed by atoms with Crippen LogP contribution in [0.25, 0.3) is 0 Å². The van der Waals surface area contributed by atoms with Crippen molar-refractivity contribution in [2.24, 2.45) is 0 Å². The van der Waals surface area contributed by atoms with Crippen molar-refractivity contribution in [1.82, 2.24) is 4.90 Å². The average Bonchev–Trinajstić information content (AvgIpc) is 2.90. The Kier molecular flexibility index (Phi) is 3.13. The SMILES string of the molecule is O=C(O)c1occc1CN(Cc1ccco1)C1CC1. The summed E-state index contributed by atoms with van der Waals surface area (Å²) < 4.78 is 10.4. The maximum atomic E-state index is 11.0. The van der Waals surface area contributed by atoms with Crippen molar-refractivity contribution >= 4 is 5.97 Å². The molecule has 1 aliphatic carbocycles. The van der Waals surface area contributed by atoms with E-state index in [1.165, 1.54) is 6.26 Å². The molecule has 1 N–H and O–H groups in total. The van der Waals surface area contributed by atoms with Gasteiger partial charge >= 0.3 is 5.97 Å². The third-order valence-corrected chi connectivity index (χ3v) is 3.32.